The minimum Gasteiger partial charge on any atom is -0.389 e. The van der Waals surface area contributed by atoms with Gasteiger partial charge in [0, 0.05) is 17.6 Å². The number of rotatable bonds is 5. The van der Waals surface area contributed by atoms with E-state index in [0.29, 0.717) is 6.04 Å². The van der Waals surface area contributed by atoms with Gasteiger partial charge in [-0.05, 0) is 49.3 Å². The normalized spacial score (nSPS) is 23.5. The molecule has 2 fully saturated rings. The molecule has 20 heavy (non-hydrogen) atoms. The van der Waals surface area contributed by atoms with Gasteiger partial charge in [-0.25, -0.2) is 0 Å². The van der Waals surface area contributed by atoms with Crippen molar-refractivity contribution in [3.05, 3.63) is 34.9 Å². The topological polar surface area (TPSA) is 32.3 Å². The molecule has 2 nitrogen and oxygen atoms in total. The van der Waals surface area contributed by atoms with Crippen molar-refractivity contribution in [3.8, 4) is 0 Å². The van der Waals surface area contributed by atoms with Crippen LogP contribution >= 0.6 is 11.6 Å². The van der Waals surface area contributed by atoms with Gasteiger partial charge in [0.15, 0.2) is 0 Å². The van der Waals surface area contributed by atoms with Crippen LogP contribution in [0.15, 0.2) is 24.3 Å². The molecule has 0 bridgehead atoms. The highest BCUT2D eigenvalue weighted by molar-refractivity contribution is 6.30. The number of nitrogens with one attached hydrogen (secondary N) is 1. The molecule has 2 aliphatic rings. The average Bonchev–Trinajstić information content (AvgIpc) is 3.26. The van der Waals surface area contributed by atoms with Gasteiger partial charge in [0.2, 0.25) is 0 Å². The van der Waals surface area contributed by atoms with Crippen molar-refractivity contribution in [1.29, 1.82) is 0 Å². The Kier molecular flexibility index (Phi) is 4.34. The molecule has 0 radical (unpaired) electrons. The van der Waals surface area contributed by atoms with Crippen molar-refractivity contribution in [2.45, 2.75) is 56.6 Å². The number of aliphatic hydroxyl groups is 1. The van der Waals surface area contributed by atoms with Crippen molar-refractivity contribution < 1.29 is 5.11 Å². The Hall–Kier alpha value is -0.570. The lowest BCUT2D eigenvalue weighted by Gasteiger charge is -2.34. The predicted molar refractivity (Wildman–Crippen MR) is 83.0 cm³/mol. The molecule has 1 atom stereocenters. The van der Waals surface area contributed by atoms with Crippen LogP contribution in [0.3, 0.4) is 0 Å². The van der Waals surface area contributed by atoms with E-state index in [1.54, 1.807) is 0 Å². The predicted octanol–water partition coefficient (Wildman–Crippen LogP) is 4.08. The molecule has 0 amide bonds. The van der Waals surface area contributed by atoms with Gasteiger partial charge in [0.25, 0.3) is 0 Å². The molecule has 3 heteroatoms. The van der Waals surface area contributed by atoms with Crippen LogP contribution < -0.4 is 5.32 Å². The van der Waals surface area contributed by atoms with Gasteiger partial charge in [-0.3, -0.25) is 0 Å². The maximum Gasteiger partial charge on any atom is 0.0771 e. The smallest absolute Gasteiger partial charge is 0.0771 e. The second-order valence-electron chi connectivity index (χ2n) is 6.53. The van der Waals surface area contributed by atoms with Crippen molar-refractivity contribution >= 4 is 11.6 Å². The summed E-state index contributed by atoms with van der Waals surface area (Å²) in [7, 11) is 0. The number of halogens is 1. The molecule has 1 unspecified atom stereocenters. The standard InChI is InChI=1S/C17H24ClNO/c18-15-8-6-14(7-9-15)16(13-4-5-13)19-12-17(20)10-2-1-3-11-17/h6-9,13,16,19-20H,1-5,10-12H2. The Labute approximate surface area is 126 Å². The van der Waals surface area contributed by atoms with Crippen molar-refractivity contribution in [2.75, 3.05) is 6.54 Å². The maximum absolute atomic E-state index is 10.6. The summed E-state index contributed by atoms with van der Waals surface area (Å²) in [6.45, 7) is 0.719. The molecule has 0 heterocycles. The number of hydrogen-bond acceptors (Lipinski definition) is 2. The first-order valence-corrected chi connectivity index (χ1v) is 8.25. The highest BCUT2D eigenvalue weighted by atomic mass is 35.5. The molecule has 0 spiro atoms. The van der Waals surface area contributed by atoms with Crippen molar-refractivity contribution in [1.82, 2.24) is 5.32 Å². The lowest BCUT2D eigenvalue weighted by molar-refractivity contribution is 0.00201. The molecule has 1 aromatic carbocycles. The molecule has 0 saturated heterocycles. The van der Waals surface area contributed by atoms with Gasteiger partial charge in [-0.1, -0.05) is 43.0 Å². The zero-order chi connectivity index (χ0) is 14.0. The Morgan fingerprint density at radius 3 is 2.40 bits per heavy atom. The van der Waals surface area contributed by atoms with Crippen LogP contribution in [0.5, 0.6) is 0 Å². The lowest BCUT2D eigenvalue weighted by atomic mass is 9.84. The summed E-state index contributed by atoms with van der Waals surface area (Å²) in [6.07, 6.45) is 8.06. The van der Waals surface area contributed by atoms with E-state index in [2.05, 4.69) is 17.4 Å². The molecule has 3 rings (SSSR count). The minimum atomic E-state index is -0.488. The molecule has 2 aliphatic carbocycles. The van der Waals surface area contributed by atoms with Gasteiger partial charge in [0.05, 0.1) is 5.60 Å². The van der Waals surface area contributed by atoms with Crippen molar-refractivity contribution in [3.63, 3.8) is 0 Å². The first kappa shape index (κ1) is 14.4. The lowest BCUT2D eigenvalue weighted by Crippen LogP contribution is -2.43. The van der Waals surface area contributed by atoms with Crippen LogP contribution in [-0.4, -0.2) is 17.3 Å². The van der Waals surface area contributed by atoms with E-state index >= 15 is 0 Å². The van der Waals surface area contributed by atoms with Gasteiger partial charge < -0.3 is 10.4 Å². The molecule has 0 aromatic heterocycles. The largest absolute Gasteiger partial charge is 0.389 e. The van der Waals surface area contributed by atoms with E-state index in [1.807, 2.05) is 12.1 Å². The summed E-state index contributed by atoms with van der Waals surface area (Å²) < 4.78 is 0. The van der Waals surface area contributed by atoms with Crippen LogP contribution in [-0.2, 0) is 0 Å². The first-order chi connectivity index (χ1) is 9.66. The number of hydrogen-bond donors (Lipinski definition) is 2. The third kappa shape index (κ3) is 3.55. The summed E-state index contributed by atoms with van der Waals surface area (Å²) >= 11 is 5.97. The van der Waals surface area contributed by atoms with Gasteiger partial charge >= 0.3 is 0 Å². The summed E-state index contributed by atoms with van der Waals surface area (Å²) in [5, 5.41) is 15.1. The molecule has 1 aromatic rings. The monoisotopic (exact) mass is 293 g/mol. The zero-order valence-electron chi connectivity index (χ0n) is 11.9. The third-order valence-electron chi connectivity index (χ3n) is 4.76. The van der Waals surface area contributed by atoms with E-state index in [4.69, 9.17) is 11.6 Å². The van der Waals surface area contributed by atoms with E-state index in [1.165, 1.54) is 24.8 Å². The van der Waals surface area contributed by atoms with E-state index in [-0.39, 0.29) is 0 Å². The molecule has 0 aliphatic heterocycles. The average molecular weight is 294 g/mol. The minimum absolute atomic E-state index is 0.373. The summed E-state index contributed by atoms with van der Waals surface area (Å²) in [5.74, 6) is 0.725. The molecule has 2 saturated carbocycles. The quantitative estimate of drug-likeness (QED) is 0.857. The number of benzene rings is 1. The Morgan fingerprint density at radius 2 is 1.80 bits per heavy atom. The first-order valence-electron chi connectivity index (χ1n) is 7.88. The Morgan fingerprint density at radius 1 is 1.15 bits per heavy atom. The fourth-order valence-corrected chi connectivity index (χ4v) is 3.47. The van der Waals surface area contributed by atoms with E-state index in [9.17, 15) is 5.11 Å². The van der Waals surface area contributed by atoms with Gasteiger partial charge in [-0.15, -0.1) is 0 Å². The van der Waals surface area contributed by atoms with Gasteiger partial charge in [0.1, 0.15) is 0 Å². The van der Waals surface area contributed by atoms with Crippen LogP contribution in [0.4, 0.5) is 0 Å². The molecular weight excluding hydrogens is 270 g/mol. The fourth-order valence-electron chi connectivity index (χ4n) is 3.34. The second-order valence-corrected chi connectivity index (χ2v) is 6.97. The third-order valence-corrected chi connectivity index (χ3v) is 5.01. The van der Waals surface area contributed by atoms with E-state index < -0.39 is 5.60 Å². The van der Waals surface area contributed by atoms with Crippen LogP contribution in [0.25, 0.3) is 0 Å². The summed E-state index contributed by atoms with van der Waals surface area (Å²) in [5.41, 5.74) is 0.814. The van der Waals surface area contributed by atoms with Gasteiger partial charge in [-0.2, -0.15) is 0 Å². The fraction of sp³-hybridized carbons (Fsp3) is 0.647. The molecular formula is C17H24ClNO. The van der Waals surface area contributed by atoms with Crippen LogP contribution in [0.1, 0.15) is 56.6 Å². The SMILES string of the molecule is OC1(CNC(c2ccc(Cl)cc2)C2CC2)CCCCC1. The second kappa shape index (κ2) is 6.05. The van der Waals surface area contributed by atoms with Crippen molar-refractivity contribution in [2.24, 2.45) is 5.92 Å². The van der Waals surface area contributed by atoms with Crippen LogP contribution in [0.2, 0.25) is 5.02 Å². The highest BCUT2D eigenvalue weighted by Crippen LogP contribution is 2.41. The zero-order valence-corrected chi connectivity index (χ0v) is 12.7. The van der Waals surface area contributed by atoms with E-state index in [0.717, 1.165) is 43.2 Å². The molecule has 110 valence electrons. The Bertz CT molecular complexity index is 435. The maximum atomic E-state index is 10.6. The summed E-state index contributed by atoms with van der Waals surface area (Å²) in [6, 6.07) is 8.53. The Balaban J connectivity index is 1.64. The van der Waals surface area contributed by atoms with Crippen LogP contribution in [0, 0.1) is 5.92 Å². The highest BCUT2D eigenvalue weighted by Gasteiger charge is 2.35. The molecule has 2 N–H and O–H groups in total. The summed E-state index contributed by atoms with van der Waals surface area (Å²) in [4.78, 5) is 0.